The predicted molar refractivity (Wildman–Crippen MR) is 109 cm³/mol. The van der Waals surface area contributed by atoms with E-state index in [9.17, 15) is 19.2 Å². The standard InChI is InChI=1S/C20H27N5O5/c1-12(11-23-19(29)14-6-4-13(5-7-14)17(21)22)18(28)24-15(10-16(26)27)20(30)25-8-2-3-9-25/h4-7,12,15H,2-3,8-11H2,1H3,(H3,21,22)(H,23,29)(H,24,28)(H,26,27)/t12?,15-/m0/s1. The molecule has 1 saturated heterocycles. The molecule has 30 heavy (non-hydrogen) atoms. The number of benzene rings is 1. The molecule has 1 heterocycles. The number of hydrogen-bond acceptors (Lipinski definition) is 5. The van der Waals surface area contributed by atoms with E-state index in [-0.39, 0.29) is 12.4 Å². The zero-order valence-electron chi connectivity index (χ0n) is 16.8. The Kier molecular flexibility index (Phi) is 7.90. The van der Waals surface area contributed by atoms with E-state index >= 15 is 0 Å². The maximum atomic E-state index is 12.5. The van der Waals surface area contributed by atoms with Gasteiger partial charge < -0.3 is 26.4 Å². The molecule has 0 bridgehead atoms. The second-order valence-corrected chi connectivity index (χ2v) is 7.29. The zero-order chi connectivity index (χ0) is 22.3. The summed E-state index contributed by atoms with van der Waals surface area (Å²) in [7, 11) is 0. The first-order chi connectivity index (χ1) is 14.2. The normalized spacial score (nSPS) is 15.2. The number of nitrogens with two attached hydrogens (primary N) is 1. The Morgan fingerprint density at radius 1 is 1.13 bits per heavy atom. The summed E-state index contributed by atoms with van der Waals surface area (Å²) in [5.74, 6) is -3.27. The van der Waals surface area contributed by atoms with Gasteiger partial charge in [0.15, 0.2) is 0 Å². The lowest BCUT2D eigenvalue weighted by Crippen LogP contribution is -2.51. The maximum Gasteiger partial charge on any atom is 0.305 e. The van der Waals surface area contributed by atoms with Gasteiger partial charge in [-0.05, 0) is 25.0 Å². The quantitative estimate of drug-likeness (QED) is 0.278. The third-order valence-electron chi connectivity index (χ3n) is 4.89. The van der Waals surface area contributed by atoms with Gasteiger partial charge in [0.1, 0.15) is 11.9 Å². The summed E-state index contributed by atoms with van der Waals surface area (Å²) in [5.41, 5.74) is 6.22. The summed E-state index contributed by atoms with van der Waals surface area (Å²) < 4.78 is 0. The minimum Gasteiger partial charge on any atom is -0.481 e. The van der Waals surface area contributed by atoms with Crippen molar-refractivity contribution in [1.29, 1.82) is 5.41 Å². The lowest BCUT2D eigenvalue weighted by molar-refractivity contribution is -0.143. The van der Waals surface area contributed by atoms with Crippen LogP contribution in [-0.4, -0.2) is 65.2 Å². The molecule has 3 amide bonds. The summed E-state index contributed by atoms with van der Waals surface area (Å²) in [6, 6.07) is 5.01. The highest BCUT2D eigenvalue weighted by Gasteiger charge is 2.30. The third-order valence-corrected chi connectivity index (χ3v) is 4.89. The number of nitrogens with one attached hydrogen (secondary N) is 3. The predicted octanol–water partition coefficient (Wildman–Crippen LogP) is -0.0815. The highest BCUT2D eigenvalue weighted by molar-refractivity contribution is 5.98. The van der Waals surface area contributed by atoms with Gasteiger partial charge in [-0.3, -0.25) is 24.6 Å². The highest BCUT2D eigenvalue weighted by atomic mass is 16.4. The van der Waals surface area contributed by atoms with Crippen LogP contribution in [-0.2, 0) is 14.4 Å². The van der Waals surface area contributed by atoms with Gasteiger partial charge in [0.25, 0.3) is 5.91 Å². The fourth-order valence-electron chi connectivity index (χ4n) is 3.09. The molecule has 1 aromatic rings. The van der Waals surface area contributed by atoms with Crippen LogP contribution in [0.1, 0.15) is 42.1 Å². The van der Waals surface area contributed by atoms with Crippen molar-refractivity contribution in [2.45, 2.75) is 32.2 Å². The topological polar surface area (TPSA) is 166 Å². The number of rotatable bonds is 9. The van der Waals surface area contributed by atoms with E-state index in [0.717, 1.165) is 12.8 Å². The molecular formula is C20H27N5O5. The van der Waals surface area contributed by atoms with Crippen LogP contribution < -0.4 is 16.4 Å². The van der Waals surface area contributed by atoms with E-state index < -0.39 is 42.1 Å². The number of carbonyl (C=O) groups is 4. The Morgan fingerprint density at radius 3 is 2.23 bits per heavy atom. The van der Waals surface area contributed by atoms with Crippen molar-refractivity contribution in [2.75, 3.05) is 19.6 Å². The molecular weight excluding hydrogens is 390 g/mol. The molecule has 10 nitrogen and oxygen atoms in total. The van der Waals surface area contributed by atoms with Crippen LogP contribution in [0.25, 0.3) is 0 Å². The number of aliphatic carboxylic acids is 1. The number of nitrogens with zero attached hydrogens (tertiary/aromatic N) is 1. The highest BCUT2D eigenvalue weighted by Crippen LogP contribution is 2.11. The number of nitrogen functional groups attached to an aromatic ring is 1. The van der Waals surface area contributed by atoms with Crippen LogP contribution in [0.15, 0.2) is 24.3 Å². The van der Waals surface area contributed by atoms with E-state index in [1.54, 1.807) is 24.0 Å². The molecule has 0 saturated carbocycles. The molecule has 0 aliphatic carbocycles. The van der Waals surface area contributed by atoms with Crippen LogP contribution in [0.2, 0.25) is 0 Å². The average molecular weight is 417 g/mol. The largest absolute Gasteiger partial charge is 0.481 e. The molecule has 1 unspecified atom stereocenters. The van der Waals surface area contributed by atoms with Gasteiger partial charge >= 0.3 is 5.97 Å². The molecule has 0 aromatic heterocycles. The number of amides is 3. The molecule has 1 fully saturated rings. The molecule has 10 heteroatoms. The summed E-state index contributed by atoms with van der Waals surface area (Å²) in [6.07, 6.45) is 1.22. The minimum absolute atomic E-state index is 0.0107. The lowest BCUT2D eigenvalue weighted by atomic mass is 10.1. The maximum absolute atomic E-state index is 12.5. The number of amidine groups is 1. The first-order valence-electron chi connectivity index (χ1n) is 9.72. The van der Waals surface area contributed by atoms with Crippen LogP contribution in [0.4, 0.5) is 0 Å². The number of hydrogen-bond donors (Lipinski definition) is 5. The van der Waals surface area contributed by atoms with Crippen molar-refractivity contribution < 1.29 is 24.3 Å². The molecule has 1 aromatic carbocycles. The van der Waals surface area contributed by atoms with Crippen molar-refractivity contribution in [1.82, 2.24) is 15.5 Å². The van der Waals surface area contributed by atoms with Crippen LogP contribution in [0.3, 0.4) is 0 Å². The van der Waals surface area contributed by atoms with Gasteiger partial charge in [-0.15, -0.1) is 0 Å². The number of carboxylic acids is 1. The monoisotopic (exact) mass is 417 g/mol. The molecule has 1 aliphatic heterocycles. The molecule has 0 radical (unpaired) electrons. The lowest BCUT2D eigenvalue weighted by Gasteiger charge is -2.24. The van der Waals surface area contributed by atoms with Crippen molar-refractivity contribution in [3.8, 4) is 0 Å². The second-order valence-electron chi connectivity index (χ2n) is 7.29. The minimum atomic E-state index is -1.18. The number of carbonyl (C=O) groups excluding carboxylic acids is 3. The van der Waals surface area contributed by atoms with E-state index in [0.29, 0.717) is 24.2 Å². The summed E-state index contributed by atoms with van der Waals surface area (Å²) >= 11 is 0. The first kappa shape index (κ1) is 22.9. The number of carboxylic acid groups (broad SMARTS) is 1. The average Bonchev–Trinajstić information content (AvgIpc) is 3.25. The van der Waals surface area contributed by atoms with E-state index in [1.807, 2.05) is 0 Å². The molecule has 162 valence electrons. The van der Waals surface area contributed by atoms with Gasteiger partial charge in [0.05, 0.1) is 12.3 Å². The fraction of sp³-hybridized carbons (Fsp3) is 0.450. The molecule has 2 rings (SSSR count). The van der Waals surface area contributed by atoms with Crippen molar-refractivity contribution >= 4 is 29.5 Å². The first-order valence-corrected chi connectivity index (χ1v) is 9.72. The van der Waals surface area contributed by atoms with E-state index in [1.165, 1.54) is 12.1 Å². The van der Waals surface area contributed by atoms with Gasteiger partial charge in [0, 0.05) is 30.8 Å². The summed E-state index contributed by atoms with van der Waals surface area (Å²) in [5, 5.41) is 21.6. The van der Waals surface area contributed by atoms with Crippen molar-refractivity contribution in [3.63, 3.8) is 0 Å². The van der Waals surface area contributed by atoms with Crippen LogP contribution in [0, 0.1) is 11.3 Å². The van der Waals surface area contributed by atoms with E-state index in [4.69, 9.17) is 16.2 Å². The third kappa shape index (κ3) is 6.29. The summed E-state index contributed by atoms with van der Waals surface area (Å²) in [4.78, 5) is 49.9. The Hall–Kier alpha value is -3.43. The molecule has 1 aliphatic rings. The SMILES string of the molecule is CC(CNC(=O)c1ccc(C(=N)N)cc1)C(=O)N[C@@H](CC(=O)O)C(=O)N1CCCC1. The molecule has 2 atom stereocenters. The Morgan fingerprint density at radius 2 is 1.70 bits per heavy atom. The van der Waals surface area contributed by atoms with Gasteiger partial charge in [0.2, 0.25) is 11.8 Å². The van der Waals surface area contributed by atoms with E-state index in [2.05, 4.69) is 10.6 Å². The van der Waals surface area contributed by atoms with Gasteiger partial charge in [-0.25, -0.2) is 0 Å². The molecule has 6 N–H and O–H groups in total. The van der Waals surface area contributed by atoms with Gasteiger partial charge in [-0.1, -0.05) is 19.1 Å². The second kappa shape index (κ2) is 10.4. The zero-order valence-corrected chi connectivity index (χ0v) is 16.8. The Bertz CT molecular complexity index is 817. The summed E-state index contributed by atoms with van der Waals surface area (Å²) in [6.45, 7) is 2.70. The van der Waals surface area contributed by atoms with Crippen molar-refractivity contribution in [2.24, 2.45) is 11.7 Å². The smallest absolute Gasteiger partial charge is 0.305 e. The van der Waals surface area contributed by atoms with Gasteiger partial charge in [-0.2, -0.15) is 0 Å². The molecule has 0 spiro atoms. The van der Waals surface area contributed by atoms with Crippen LogP contribution >= 0.6 is 0 Å². The Balaban J connectivity index is 1.91. The fourth-order valence-corrected chi connectivity index (χ4v) is 3.09. The number of likely N-dealkylation sites (tertiary alicyclic amines) is 1. The Labute approximate surface area is 174 Å². The van der Waals surface area contributed by atoms with Crippen molar-refractivity contribution in [3.05, 3.63) is 35.4 Å². The van der Waals surface area contributed by atoms with Crippen LogP contribution in [0.5, 0.6) is 0 Å².